The summed E-state index contributed by atoms with van der Waals surface area (Å²) in [6.45, 7) is 0.713. The largest absolute Gasteiger partial charge is 0.347 e. The van der Waals surface area contributed by atoms with Crippen LogP contribution in [0.4, 0.5) is 0 Å². The van der Waals surface area contributed by atoms with Gasteiger partial charge in [-0.05, 0) is 55.8 Å². The molecule has 5 heteroatoms. The van der Waals surface area contributed by atoms with Crippen LogP contribution in [0.1, 0.15) is 32.1 Å². The first-order valence-electron chi connectivity index (χ1n) is 7.46. The van der Waals surface area contributed by atoms with E-state index in [0.29, 0.717) is 24.9 Å². The molecule has 19 heavy (non-hydrogen) atoms. The summed E-state index contributed by atoms with van der Waals surface area (Å²) in [5.74, 6) is 1.93. The minimum absolute atomic E-state index is 0.226. The van der Waals surface area contributed by atoms with Crippen molar-refractivity contribution in [2.75, 3.05) is 13.1 Å². The Labute approximate surface area is 113 Å². The molecular formula is C14H23N3O2. The second kappa shape index (κ2) is 5.12. The molecule has 106 valence electrons. The third-order valence-corrected chi connectivity index (χ3v) is 5.16. The van der Waals surface area contributed by atoms with E-state index in [0.717, 1.165) is 11.8 Å². The van der Waals surface area contributed by atoms with Gasteiger partial charge in [-0.15, -0.1) is 0 Å². The Balaban J connectivity index is 1.58. The first-order chi connectivity index (χ1) is 9.17. The summed E-state index contributed by atoms with van der Waals surface area (Å²) in [4.78, 5) is 23.5. The molecule has 0 unspecified atom stereocenters. The van der Waals surface area contributed by atoms with Gasteiger partial charge in [0.05, 0.1) is 0 Å². The average Bonchev–Trinajstić information content (AvgIpc) is 2.39. The maximum absolute atomic E-state index is 11.9. The maximum Gasteiger partial charge on any atom is 0.309 e. The van der Waals surface area contributed by atoms with Gasteiger partial charge in [0.25, 0.3) is 0 Å². The maximum atomic E-state index is 11.9. The van der Waals surface area contributed by atoms with Crippen molar-refractivity contribution in [3.05, 3.63) is 0 Å². The smallest absolute Gasteiger partial charge is 0.309 e. The zero-order chi connectivity index (χ0) is 13.4. The normalized spacial score (nSPS) is 39.1. The van der Waals surface area contributed by atoms with E-state index in [2.05, 4.69) is 10.6 Å². The SMILES string of the molecule is NCCNC(=O)C(=O)NC1C2CC3CC(C2)CC1C3. The lowest BCUT2D eigenvalue weighted by Crippen LogP contribution is -2.58. The predicted molar refractivity (Wildman–Crippen MR) is 71.0 cm³/mol. The quantitative estimate of drug-likeness (QED) is 0.628. The van der Waals surface area contributed by atoms with Crippen LogP contribution in [-0.4, -0.2) is 30.9 Å². The minimum atomic E-state index is -0.542. The second-order valence-electron chi connectivity index (χ2n) is 6.47. The van der Waals surface area contributed by atoms with Crippen LogP contribution >= 0.6 is 0 Å². The zero-order valence-electron chi connectivity index (χ0n) is 11.2. The molecule has 0 aromatic heterocycles. The molecule has 0 aromatic carbocycles. The summed E-state index contributed by atoms with van der Waals surface area (Å²) in [6, 6.07) is 0.226. The van der Waals surface area contributed by atoms with E-state index in [-0.39, 0.29) is 6.04 Å². The minimum Gasteiger partial charge on any atom is -0.347 e. The van der Waals surface area contributed by atoms with Gasteiger partial charge in [-0.3, -0.25) is 9.59 Å². The molecule has 4 aliphatic carbocycles. The van der Waals surface area contributed by atoms with Crippen LogP contribution in [-0.2, 0) is 9.59 Å². The summed E-state index contributed by atoms with van der Waals surface area (Å²) in [5.41, 5.74) is 5.31. The van der Waals surface area contributed by atoms with Crippen molar-refractivity contribution >= 4 is 11.8 Å². The first kappa shape index (κ1) is 12.9. The first-order valence-corrected chi connectivity index (χ1v) is 7.46. The second-order valence-corrected chi connectivity index (χ2v) is 6.47. The Kier molecular flexibility index (Phi) is 3.48. The van der Waals surface area contributed by atoms with Gasteiger partial charge in [-0.25, -0.2) is 0 Å². The van der Waals surface area contributed by atoms with Crippen molar-refractivity contribution in [3.8, 4) is 0 Å². The highest BCUT2D eigenvalue weighted by Crippen LogP contribution is 2.53. The molecule has 0 aliphatic heterocycles. The standard InChI is InChI=1S/C14H23N3O2/c15-1-2-16-13(18)14(19)17-12-10-4-8-3-9(6-10)7-11(12)5-8/h8-12H,1-7,15H2,(H,16,18)(H,17,19). The summed E-state index contributed by atoms with van der Waals surface area (Å²) < 4.78 is 0. The van der Waals surface area contributed by atoms with Gasteiger partial charge in [0.2, 0.25) is 0 Å². The third-order valence-electron chi connectivity index (χ3n) is 5.16. The van der Waals surface area contributed by atoms with Crippen LogP contribution in [0.25, 0.3) is 0 Å². The van der Waals surface area contributed by atoms with Crippen molar-refractivity contribution in [2.24, 2.45) is 29.4 Å². The number of nitrogens with two attached hydrogens (primary N) is 1. The molecule has 0 radical (unpaired) electrons. The van der Waals surface area contributed by atoms with Gasteiger partial charge in [0, 0.05) is 19.1 Å². The highest BCUT2D eigenvalue weighted by molar-refractivity contribution is 6.35. The molecule has 4 bridgehead atoms. The lowest BCUT2D eigenvalue weighted by molar-refractivity contribution is -0.141. The molecule has 0 atom stereocenters. The van der Waals surface area contributed by atoms with E-state index in [1.165, 1.54) is 32.1 Å². The highest BCUT2D eigenvalue weighted by Gasteiger charge is 2.48. The molecule has 0 heterocycles. The van der Waals surface area contributed by atoms with Gasteiger partial charge in [-0.2, -0.15) is 0 Å². The Morgan fingerprint density at radius 3 is 2.05 bits per heavy atom. The van der Waals surface area contributed by atoms with E-state index in [1.54, 1.807) is 0 Å². The fourth-order valence-corrected chi connectivity index (χ4v) is 4.64. The number of hydrogen-bond acceptors (Lipinski definition) is 3. The van der Waals surface area contributed by atoms with Gasteiger partial charge in [0.15, 0.2) is 0 Å². The molecule has 4 saturated carbocycles. The summed E-state index contributed by atoms with van der Waals surface area (Å²) in [5, 5.41) is 5.51. The summed E-state index contributed by atoms with van der Waals surface area (Å²) >= 11 is 0. The predicted octanol–water partition coefficient (Wildman–Crippen LogP) is 0.00220. The molecular weight excluding hydrogens is 242 g/mol. The number of hydrogen-bond donors (Lipinski definition) is 3. The molecule has 4 fully saturated rings. The van der Waals surface area contributed by atoms with Crippen LogP contribution in [0, 0.1) is 23.7 Å². The highest BCUT2D eigenvalue weighted by atomic mass is 16.2. The summed E-state index contributed by atoms with van der Waals surface area (Å²) in [6.07, 6.45) is 6.35. The van der Waals surface area contributed by atoms with E-state index >= 15 is 0 Å². The zero-order valence-corrected chi connectivity index (χ0v) is 11.2. The van der Waals surface area contributed by atoms with E-state index in [1.807, 2.05) is 0 Å². The van der Waals surface area contributed by atoms with Crippen molar-refractivity contribution in [1.82, 2.24) is 10.6 Å². The van der Waals surface area contributed by atoms with Crippen LogP contribution in [0.15, 0.2) is 0 Å². The Morgan fingerprint density at radius 2 is 1.53 bits per heavy atom. The number of rotatable bonds is 3. The molecule has 4 aliphatic rings. The van der Waals surface area contributed by atoms with Crippen LogP contribution in [0.3, 0.4) is 0 Å². The van der Waals surface area contributed by atoms with Crippen molar-refractivity contribution in [2.45, 2.75) is 38.1 Å². The Morgan fingerprint density at radius 1 is 0.947 bits per heavy atom. The molecule has 0 spiro atoms. The molecule has 2 amide bonds. The summed E-state index contributed by atoms with van der Waals surface area (Å²) in [7, 11) is 0. The third kappa shape index (κ3) is 2.48. The monoisotopic (exact) mass is 265 g/mol. The van der Waals surface area contributed by atoms with Crippen LogP contribution in [0.5, 0.6) is 0 Å². The van der Waals surface area contributed by atoms with Crippen molar-refractivity contribution in [1.29, 1.82) is 0 Å². The van der Waals surface area contributed by atoms with Gasteiger partial charge in [0.1, 0.15) is 0 Å². The topological polar surface area (TPSA) is 84.2 Å². The number of amides is 2. The Hall–Kier alpha value is -1.10. The molecule has 4 rings (SSSR count). The van der Waals surface area contributed by atoms with Crippen LogP contribution < -0.4 is 16.4 Å². The molecule has 0 aromatic rings. The van der Waals surface area contributed by atoms with Crippen molar-refractivity contribution < 1.29 is 9.59 Å². The van der Waals surface area contributed by atoms with Gasteiger partial charge >= 0.3 is 11.8 Å². The lowest BCUT2D eigenvalue weighted by Gasteiger charge is -2.54. The molecule has 0 saturated heterocycles. The van der Waals surface area contributed by atoms with Crippen molar-refractivity contribution in [3.63, 3.8) is 0 Å². The fraction of sp³-hybridized carbons (Fsp3) is 0.857. The fourth-order valence-electron chi connectivity index (χ4n) is 4.64. The number of nitrogens with one attached hydrogen (secondary N) is 2. The number of carbonyl (C=O) groups is 2. The molecule has 4 N–H and O–H groups in total. The lowest BCUT2D eigenvalue weighted by atomic mass is 9.54. The van der Waals surface area contributed by atoms with Gasteiger partial charge < -0.3 is 16.4 Å². The van der Waals surface area contributed by atoms with E-state index in [9.17, 15) is 9.59 Å². The van der Waals surface area contributed by atoms with Crippen LogP contribution in [0.2, 0.25) is 0 Å². The number of carbonyl (C=O) groups excluding carboxylic acids is 2. The van der Waals surface area contributed by atoms with E-state index < -0.39 is 11.8 Å². The Bertz CT molecular complexity index is 355. The average molecular weight is 265 g/mol. The van der Waals surface area contributed by atoms with E-state index in [4.69, 9.17) is 5.73 Å². The van der Waals surface area contributed by atoms with Gasteiger partial charge in [-0.1, -0.05) is 0 Å². The molecule has 5 nitrogen and oxygen atoms in total.